The predicted molar refractivity (Wildman–Crippen MR) is 93.0 cm³/mol. The lowest BCUT2D eigenvalue weighted by Crippen LogP contribution is -2.51. The second-order valence-corrected chi connectivity index (χ2v) is 7.27. The number of thioether (sulfide) groups is 1. The van der Waals surface area contributed by atoms with Crippen molar-refractivity contribution in [3.05, 3.63) is 29.8 Å². The zero-order chi connectivity index (χ0) is 16.8. The summed E-state index contributed by atoms with van der Waals surface area (Å²) in [5.41, 5.74) is 7.05. The van der Waals surface area contributed by atoms with Gasteiger partial charge in [0.25, 0.3) is 0 Å². The molecule has 4 N–H and O–H groups in total. The number of carbonyl (C=O) groups is 2. The summed E-state index contributed by atoms with van der Waals surface area (Å²) >= 11 is 1.30. The maximum absolute atomic E-state index is 12.0. The van der Waals surface area contributed by atoms with Crippen molar-refractivity contribution >= 4 is 29.3 Å². The number of carbonyl (C=O) groups excluding carboxylic acids is 2. The van der Waals surface area contributed by atoms with Crippen LogP contribution in [0.2, 0.25) is 0 Å². The Balaban J connectivity index is 2.40. The zero-order valence-electron chi connectivity index (χ0n) is 13.6. The molecule has 0 bridgehead atoms. The zero-order valence-corrected chi connectivity index (χ0v) is 14.4. The smallest absolute Gasteiger partial charge is 0.234 e. The van der Waals surface area contributed by atoms with E-state index in [1.165, 1.54) is 11.8 Å². The Kier molecular flexibility index (Phi) is 6.90. The number of amides is 2. The molecular formula is C16H25N3O2S. The van der Waals surface area contributed by atoms with Crippen LogP contribution in [0.25, 0.3) is 0 Å². The number of anilines is 1. The first kappa shape index (κ1) is 18.5. The quantitative estimate of drug-likeness (QED) is 0.715. The molecule has 0 aliphatic heterocycles. The Morgan fingerprint density at radius 2 is 1.86 bits per heavy atom. The predicted octanol–water partition coefficient (Wildman–Crippen LogP) is 1.91. The maximum atomic E-state index is 12.0. The molecule has 1 atom stereocenters. The van der Waals surface area contributed by atoms with E-state index in [9.17, 15) is 9.59 Å². The fourth-order valence-electron chi connectivity index (χ4n) is 1.60. The third kappa shape index (κ3) is 6.49. The molecule has 6 heteroatoms. The van der Waals surface area contributed by atoms with Gasteiger partial charge in [-0.25, -0.2) is 0 Å². The third-order valence-corrected chi connectivity index (χ3v) is 4.28. The Hall–Kier alpha value is -1.53. The van der Waals surface area contributed by atoms with Crippen LogP contribution in [0.3, 0.4) is 0 Å². The summed E-state index contributed by atoms with van der Waals surface area (Å²) in [6.45, 7) is 7.87. The van der Waals surface area contributed by atoms with Crippen LogP contribution in [0.1, 0.15) is 26.3 Å². The van der Waals surface area contributed by atoms with Crippen molar-refractivity contribution in [2.45, 2.75) is 38.5 Å². The van der Waals surface area contributed by atoms with Crippen LogP contribution in [-0.2, 0) is 9.59 Å². The van der Waals surface area contributed by atoms with Crippen LogP contribution >= 0.6 is 11.8 Å². The number of nitrogens with two attached hydrogens (primary N) is 1. The first-order chi connectivity index (χ1) is 10.2. The largest absolute Gasteiger partial charge is 0.349 e. The molecule has 122 valence electrons. The number of benzene rings is 1. The standard InChI is InChI=1S/C16H25N3O2S/c1-11-5-7-13(8-6-11)18-14(20)9-22-12(2)15(21)19-16(3,4)10-17/h5-8,12H,9-10,17H2,1-4H3,(H,18,20)(H,19,21). The van der Waals surface area contributed by atoms with Gasteiger partial charge in [0.2, 0.25) is 11.8 Å². The molecule has 0 radical (unpaired) electrons. The van der Waals surface area contributed by atoms with Crippen molar-refractivity contribution in [1.82, 2.24) is 5.32 Å². The molecule has 0 fully saturated rings. The Bertz CT molecular complexity index is 515. The highest BCUT2D eigenvalue weighted by Gasteiger charge is 2.22. The lowest BCUT2D eigenvalue weighted by atomic mass is 10.1. The second kappa shape index (κ2) is 8.19. The van der Waals surface area contributed by atoms with Gasteiger partial charge in [-0.2, -0.15) is 0 Å². The van der Waals surface area contributed by atoms with Gasteiger partial charge in [-0.05, 0) is 39.8 Å². The summed E-state index contributed by atoms with van der Waals surface area (Å²) < 4.78 is 0. The SMILES string of the molecule is Cc1ccc(NC(=O)CSC(C)C(=O)NC(C)(C)CN)cc1. The summed E-state index contributed by atoms with van der Waals surface area (Å²) in [5, 5.41) is 5.37. The van der Waals surface area contributed by atoms with Gasteiger partial charge in [0, 0.05) is 17.8 Å². The van der Waals surface area contributed by atoms with E-state index in [4.69, 9.17) is 5.73 Å². The highest BCUT2D eigenvalue weighted by molar-refractivity contribution is 8.01. The third-order valence-electron chi connectivity index (χ3n) is 3.14. The van der Waals surface area contributed by atoms with Gasteiger partial charge in [0.1, 0.15) is 0 Å². The molecule has 1 rings (SSSR count). The molecule has 22 heavy (non-hydrogen) atoms. The van der Waals surface area contributed by atoms with E-state index in [1.807, 2.05) is 45.0 Å². The summed E-state index contributed by atoms with van der Waals surface area (Å²) in [6.07, 6.45) is 0. The van der Waals surface area contributed by atoms with Crippen molar-refractivity contribution in [3.8, 4) is 0 Å². The lowest BCUT2D eigenvalue weighted by molar-refractivity contribution is -0.121. The second-order valence-electron chi connectivity index (χ2n) is 5.94. The van der Waals surface area contributed by atoms with E-state index < -0.39 is 5.54 Å². The summed E-state index contributed by atoms with van der Waals surface area (Å²) in [5.74, 6) is 0.00100. The van der Waals surface area contributed by atoms with Crippen LogP contribution in [-0.4, -0.2) is 34.9 Å². The van der Waals surface area contributed by atoms with E-state index >= 15 is 0 Å². The molecule has 0 aromatic heterocycles. The van der Waals surface area contributed by atoms with E-state index in [0.717, 1.165) is 11.3 Å². The molecule has 0 saturated carbocycles. The number of hydrogen-bond acceptors (Lipinski definition) is 4. The van der Waals surface area contributed by atoms with Crippen LogP contribution in [0.5, 0.6) is 0 Å². The van der Waals surface area contributed by atoms with Gasteiger partial charge >= 0.3 is 0 Å². The minimum atomic E-state index is -0.434. The fraction of sp³-hybridized carbons (Fsp3) is 0.500. The Labute approximate surface area is 136 Å². The van der Waals surface area contributed by atoms with Crippen molar-refractivity contribution in [2.75, 3.05) is 17.6 Å². The number of rotatable bonds is 7. The number of hydrogen-bond donors (Lipinski definition) is 3. The van der Waals surface area contributed by atoms with Crippen molar-refractivity contribution in [1.29, 1.82) is 0 Å². The van der Waals surface area contributed by atoms with Crippen LogP contribution in [0.15, 0.2) is 24.3 Å². The topological polar surface area (TPSA) is 84.2 Å². The molecule has 1 aromatic rings. The minimum absolute atomic E-state index is 0.108. The van der Waals surface area contributed by atoms with E-state index in [2.05, 4.69) is 10.6 Å². The monoisotopic (exact) mass is 323 g/mol. The summed E-state index contributed by atoms with van der Waals surface area (Å²) in [4.78, 5) is 23.9. The van der Waals surface area contributed by atoms with Gasteiger partial charge < -0.3 is 16.4 Å². The molecule has 1 unspecified atom stereocenters. The highest BCUT2D eigenvalue weighted by atomic mass is 32.2. The van der Waals surface area contributed by atoms with Crippen molar-refractivity contribution in [2.24, 2.45) is 5.73 Å². The highest BCUT2D eigenvalue weighted by Crippen LogP contribution is 2.14. The van der Waals surface area contributed by atoms with Gasteiger partial charge in [-0.3, -0.25) is 9.59 Å². The number of aryl methyl sites for hydroxylation is 1. The van der Waals surface area contributed by atoms with E-state index in [0.29, 0.717) is 6.54 Å². The van der Waals surface area contributed by atoms with Crippen LogP contribution in [0.4, 0.5) is 5.69 Å². The van der Waals surface area contributed by atoms with Crippen LogP contribution in [0, 0.1) is 6.92 Å². The first-order valence-electron chi connectivity index (χ1n) is 7.24. The minimum Gasteiger partial charge on any atom is -0.349 e. The lowest BCUT2D eigenvalue weighted by Gasteiger charge is -2.26. The average molecular weight is 323 g/mol. The van der Waals surface area contributed by atoms with Gasteiger partial charge in [-0.1, -0.05) is 17.7 Å². The normalized spacial score (nSPS) is 12.6. The van der Waals surface area contributed by atoms with E-state index in [-0.39, 0.29) is 22.8 Å². The molecule has 0 heterocycles. The molecule has 5 nitrogen and oxygen atoms in total. The molecule has 0 aliphatic carbocycles. The molecule has 2 amide bonds. The van der Waals surface area contributed by atoms with Crippen molar-refractivity contribution in [3.63, 3.8) is 0 Å². The molecule has 0 aliphatic rings. The summed E-state index contributed by atoms with van der Waals surface area (Å²) in [6, 6.07) is 7.59. The van der Waals surface area contributed by atoms with Gasteiger partial charge in [0.15, 0.2) is 0 Å². The van der Waals surface area contributed by atoms with Crippen molar-refractivity contribution < 1.29 is 9.59 Å². The van der Waals surface area contributed by atoms with Gasteiger partial charge in [0.05, 0.1) is 11.0 Å². The molecule has 0 saturated heterocycles. The van der Waals surface area contributed by atoms with E-state index in [1.54, 1.807) is 6.92 Å². The van der Waals surface area contributed by atoms with Crippen LogP contribution < -0.4 is 16.4 Å². The van der Waals surface area contributed by atoms with Gasteiger partial charge in [-0.15, -0.1) is 11.8 Å². The molecule has 1 aromatic carbocycles. The first-order valence-corrected chi connectivity index (χ1v) is 8.28. The molecular weight excluding hydrogens is 298 g/mol. The average Bonchev–Trinajstić information content (AvgIpc) is 2.46. The maximum Gasteiger partial charge on any atom is 0.234 e. The Morgan fingerprint density at radius 1 is 1.27 bits per heavy atom. The fourth-order valence-corrected chi connectivity index (χ4v) is 2.28. The Morgan fingerprint density at radius 3 is 2.41 bits per heavy atom. The summed E-state index contributed by atoms with van der Waals surface area (Å²) in [7, 11) is 0. The number of nitrogens with one attached hydrogen (secondary N) is 2. The molecule has 0 spiro atoms.